The minimum Gasteiger partial charge on any atom is -0.493 e. The third-order valence-corrected chi connectivity index (χ3v) is 4.45. The molecule has 0 saturated heterocycles. The van der Waals surface area contributed by atoms with Gasteiger partial charge in [-0.05, 0) is 56.3 Å². The second kappa shape index (κ2) is 9.82. The van der Waals surface area contributed by atoms with E-state index in [-0.39, 0.29) is 12.0 Å². The number of hydrazine groups is 1. The fourth-order valence-electron chi connectivity index (χ4n) is 2.30. The fraction of sp³-hybridized carbons (Fsp3) is 0.368. The number of carbonyl (C=O) groups is 2. The highest BCUT2D eigenvalue weighted by Crippen LogP contribution is 2.28. The Labute approximate surface area is 157 Å². The van der Waals surface area contributed by atoms with Gasteiger partial charge in [0.1, 0.15) is 0 Å². The molecule has 6 nitrogen and oxygen atoms in total. The second-order valence-electron chi connectivity index (χ2n) is 5.97. The number of rotatable bonds is 8. The van der Waals surface area contributed by atoms with Crippen molar-refractivity contribution in [2.24, 2.45) is 0 Å². The van der Waals surface area contributed by atoms with E-state index in [1.54, 1.807) is 29.5 Å². The van der Waals surface area contributed by atoms with Crippen LogP contribution in [0, 0.1) is 0 Å². The molecule has 1 aromatic carbocycles. The molecule has 140 valence electrons. The Balaban J connectivity index is 1.82. The third kappa shape index (κ3) is 6.07. The summed E-state index contributed by atoms with van der Waals surface area (Å²) in [6.45, 7) is 3.82. The molecule has 0 radical (unpaired) electrons. The number of hydrogen-bond acceptors (Lipinski definition) is 5. The van der Waals surface area contributed by atoms with Crippen LogP contribution in [0.15, 0.2) is 35.7 Å². The summed E-state index contributed by atoms with van der Waals surface area (Å²) >= 11 is 1.67. The van der Waals surface area contributed by atoms with E-state index in [9.17, 15) is 9.59 Å². The minimum atomic E-state index is -0.411. The number of amides is 2. The van der Waals surface area contributed by atoms with Crippen LogP contribution in [-0.2, 0) is 11.2 Å². The molecule has 2 N–H and O–H groups in total. The molecule has 0 saturated carbocycles. The van der Waals surface area contributed by atoms with Crippen LogP contribution in [0.2, 0.25) is 0 Å². The number of benzene rings is 1. The third-order valence-electron chi connectivity index (χ3n) is 3.51. The Morgan fingerprint density at radius 3 is 2.62 bits per heavy atom. The van der Waals surface area contributed by atoms with E-state index in [0.717, 1.165) is 12.8 Å². The lowest BCUT2D eigenvalue weighted by atomic mass is 10.2. The van der Waals surface area contributed by atoms with Gasteiger partial charge in [-0.2, -0.15) is 0 Å². The maximum absolute atomic E-state index is 12.2. The van der Waals surface area contributed by atoms with Crippen molar-refractivity contribution in [3.63, 3.8) is 0 Å². The standard InChI is InChI=1S/C19H24N2O4S/c1-13(2)25-16-10-9-14(12-17(16)24-3)19(23)21-20-18(22)8-4-6-15-7-5-11-26-15/h5,7,9-13H,4,6,8H2,1-3H3,(H,20,22)(H,21,23). The number of ether oxygens (including phenoxy) is 2. The summed E-state index contributed by atoms with van der Waals surface area (Å²) in [6.07, 6.45) is 1.94. The summed E-state index contributed by atoms with van der Waals surface area (Å²) in [5, 5.41) is 2.02. The van der Waals surface area contributed by atoms with Gasteiger partial charge in [0.05, 0.1) is 13.2 Å². The van der Waals surface area contributed by atoms with Crippen molar-refractivity contribution in [3.8, 4) is 11.5 Å². The van der Waals surface area contributed by atoms with E-state index >= 15 is 0 Å². The van der Waals surface area contributed by atoms with Gasteiger partial charge in [-0.1, -0.05) is 6.07 Å². The molecule has 0 spiro atoms. The van der Waals surface area contributed by atoms with Crippen LogP contribution >= 0.6 is 11.3 Å². The molecule has 7 heteroatoms. The lowest BCUT2D eigenvalue weighted by Crippen LogP contribution is -2.41. The van der Waals surface area contributed by atoms with E-state index in [0.29, 0.717) is 23.5 Å². The van der Waals surface area contributed by atoms with Crippen LogP contribution in [-0.4, -0.2) is 25.0 Å². The first-order valence-corrected chi connectivity index (χ1v) is 9.34. The number of aryl methyl sites for hydroxylation is 1. The molecule has 0 aliphatic carbocycles. The van der Waals surface area contributed by atoms with Crippen LogP contribution < -0.4 is 20.3 Å². The predicted molar refractivity (Wildman–Crippen MR) is 102 cm³/mol. The van der Waals surface area contributed by atoms with Crippen molar-refractivity contribution < 1.29 is 19.1 Å². The molecule has 0 fully saturated rings. The van der Waals surface area contributed by atoms with E-state index in [4.69, 9.17) is 9.47 Å². The number of hydrogen-bond donors (Lipinski definition) is 2. The topological polar surface area (TPSA) is 76.7 Å². The average Bonchev–Trinajstić information content (AvgIpc) is 3.13. The Morgan fingerprint density at radius 2 is 1.96 bits per heavy atom. The molecule has 1 aromatic heterocycles. The van der Waals surface area contributed by atoms with Gasteiger partial charge in [-0.3, -0.25) is 20.4 Å². The van der Waals surface area contributed by atoms with Crippen LogP contribution in [0.5, 0.6) is 11.5 Å². The van der Waals surface area contributed by atoms with Gasteiger partial charge in [0.15, 0.2) is 11.5 Å². The van der Waals surface area contributed by atoms with Crippen LogP contribution in [0.1, 0.15) is 41.9 Å². The molecule has 2 aromatic rings. The highest BCUT2D eigenvalue weighted by Gasteiger charge is 2.13. The molecule has 2 amide bonds. The zero-order chi connectivity index (χ0) is 18.9. The molecule has 1 heterocycles. The summed E-state index contributed by atoms with van der Waals surface area (Å²) in [5.41, 5.74) is 5.23. The van der Waals surface area contributed by atoms with E-state index < -0.39 is 5.91 Å². The van der Waals surface area contributed by atoms with Crippen molar-refractivity contribution in [2.45, 2.75) is 39.2 Å². The fourth-order valence-corrected chi connectivity index (χ4v) is 3.05. The van der Waals surface area contributed by atoms with Crippen molar-refractivity contribution in [3.05, 3.63) is 46.2 Å². The van der Waals surface area contributed by atoms with Gasteiger partial charge >= 0.3 is 0 Å². The number of thiophene rings is 1. The largest absolute Gasteiger partial charge is 0.493 e. The number of carbonyl (C=O) groups excluding carboxylic acids is 2. The van der Waals surface area contributed by atoms with Crippen LogP contribution in [0.4, 0.5) is 0 Å². The summed E-state index contributed by atoms with van der Waals surface area (Å²) in [5.74, 6) is 0.401. The van der Waals surface area contributed by atoms with Crippen molar-refractivity contribution in [1.82, 2.24) is 10.9 Å². The van der Waals surface area contributed by atoms with Crippen LogP contribution in [0.25, 0.3) is 0 Å². The van der Waals surface area contributed by atoms with Crippen molar-refractivity contribution in [2.75, 3.05) is 7.11 Å². The zero-order valence-electron chi connectivity index (χ0n) is 15.2. The Morgan fingerprint density at radius 1 is 1.15 bits per heavy atom. The first-order chi connectivity index (χ1) is 12.5. The second-order valence-corrected chi connectivity index (χ2v) is 7.00. The summed E-state index contributed by atoms with van der Waals surface area (Å²) < 4.78 is 10.9. The Hall–Kier alpha value is -2.54. The first-order valence-electron chi connectivity index (χ1n) is 8.46. The predicted octanol–water partition coefficient (Wildman–Crippen LogP) is 3.33. The van der Waals surface area contributed by atoms with Gasteiger partial charge in [-0.25, -0.2) is 0 Å². The van der Waals surface area contributed by atoms with Gasteiger partial charge < -0.3 is 9.47 Å². The van der Waals surface area contributed by atoms with Gasteiger partial charge in [0.25, 0.3) is 5.91 Å². The first kappa shape index (κ1) is 19.8. The SMILES string of the molecule is COc1cc(C(=O)NNC(=O)CCCc2cccs2)ccc1OC(C)C. The maximum atomic E-state index is 12.2. The molecular formula is C19H24N2O4S. The molecular weight excluding hydrogens is 352 g/mol. The smallest absolute Gasteiger partial charge is 0.269 e. The minimum absolute atomic E-state index is 0.00274. The normalized spacial score (nSPS) is 10.5. The Kier molecular flexibility index (Phi) is 7.47. The van der Waals surface area contributed by atoms with Gasteiger partial charge in [0.2, 0.25) is 5.91 Å². The molecule has 0 aliphatic rings. The molecule has 0 unspecified atom stereocenters. The maximum Gasteiger partial charge on any atom is 0.269 e. The van der Waals surface area contributed by atoms with Crippen molar-refractivity contribution in [1.29, 1.82) is 0 Å². The summed E-state index contributed by atoms with van der Waals surface area (Å²) in [7, 11) is 1.51. The van der Waals surface area contributed by atoms with Crippen LogP contribution in [0.3, 0.4) is 0 Å². The molecule has 26 heavy (non-hydrogen) atoms. The zero-order valence-corrected chi connectivity index (χ0v) is 16.0. The average molecular weight is 376 g/mol. The quantitative estimate of drug-likeness (QED) is 0.693. The van der Waals surface area contributed by atoms with Crippen molar-refractivity contribution >= 4 is 23.2 Å². The molecule has 0 bridgehead atoms. The molecule has 2 rings (SSSR count). The van der Waals surface area contributed by atoms with Gasteiger partial charge in [-0.15, -0.1) is 11.3 Å². The summed E-state index contributed by atoms with van der Waals surface area (Å²) in [6, 6.07) is 8.92. The monoisotopic (exact) mass is 376 g/mol. The molecule has 0 aliphatic heterocycles. The highest BCUT2D eigenvalue weighted by atomic mass is 32.1. The van der Waals surface area contributed by atoms with E-state index in [2.05, 4.69) is 10.9 Å². The summed E-state index contributed by atoms with van der Waals surface area (Å²) in [4.78, 5) is 25.3. The molecule has 0 atom stereocenters. The lowest BCUT2D eigenvalue weighted by molar-refractivity contribution is -0.121. The van der Waals surface area contributed by atoms with Gasteiger partial charge in [0, 0.05) is 16.9 Å². The van der Waals surface area contributed by atoms with E-state index in [1.165, 1.54) is 12.0 Å². The number of methoxy groups -OCH3 is 1. The Bertz CT molecular complexity index is 729. The lowest BCUT2D eigenvalue weighted by Gasteiger charge is -2.14. The number of nitrogens with one attached hydrogen (secondary N) is 2. The highest BCUT2D eigenvalue weighted by molar-refractivity contribution is 7.09. The van der Waals surface area contributed by atoms with E-state index in [1.807, 2.05) is 31.4 Å².